The monoisotopic (exact) mass is 403 g/mol. The molecule has 0 bridgehead atoms. The topological polar surface area (TPSA) is 56.0 Å². The maximum absolute atomic E-state index is 16.0. The van der Waals surface area contributed by atoms with E-state index in [0.29, 0.717) is 21.9 Å². The molecule has 0 aliphatic carbocycles. The van der Waals surface area contributed by atoms with Gasteiger partial charge in [0, 0.05) is 22.2 Å². The van der Waals surface area contributed by atoms with E-state index in [1.54, 1.807) is 42.6 Å². The zero-order valence-electron chi connectivity index (χ0n) is 15.4. The number of hydrogen-bond acceptors (Lipinski definition) is 4. The van der Waals surface area contributed by atoms with Crippen molar-refractivity contribution >= 4 is 28.2 Å². The highest BCUT2D eigenvalue weighted by Gasteiger charge is 2.35. The summed E-state index contributed by atoms with van der Waals surface area (Å²) in [7, 11) is 0. The first kappa shape index (κ1) is 17.7. The minimum absolute atomic E-state index is 0.117. The standard InChI is InChI=1S/C22H15ClFN5/c1-22(24,16-6-9-18-15(13-16)3-2-12-25-18)21-27-26-20-11-10-19(28-29(20)21)14-4-7-17(23)8-5-14/h2-13H,1H3. The fraction of sp³-hybridized carbons (Fsp3) is 0.0909. The first-order valence-electron chi connectivity index (χ1n) is 9.05. The number of benzene rings is 2. The average Bonchev–Trinajstić information content (AvgIpc) is 3.18. The Morgan fingerprint density at radius 1 is 0.966 bits per heavy atom. The third-order valence-electron chi connectivity index (χ3n) is 4.97. The Kier molecular flexibility index (Phi) is 4.03. The zero-order valence-corrected chi connectivity index (χ0v) is 16.2. The third-order valence-corrected chi connectivity index (χ3v) is 5.22. The number of aromatic nitrogens is 5. The van der Waals surface area contributed by atoms with Gasteiger partial charge in [0.15, 0.2) is 17.1 Å². The quantitative estimate of drug-likeness (QED) is 0.414. The van der Waals surface area contributed by atoms with E-state index in [1.807, 2.05) is 30.3 Å². The molecule has 3 aromatic heterocycles. The Hall–Kier alpha value is -3.38. The van der Waals surface area contributed by atoms with Crippen molar-refractivity contribution in [2.45, 2.75) is 12.6 Å². The van der Waals surface area contributed by atoms with Gasteiger partial charge in [-0.3, -0.25) is 4.98 Å². The summed E-state index contributed by atoms with van der Waals surface area (Å²) in [6.45, 7) is 1.47. The molecule has 0 spiro atoms. The molecule has 0 saturated heterocycles. The van der Waals surface area contributed by atoms with Gasteiger partial charge >= 0.3 is 0 Å². The summed E-state index contributed by atoms with van der Waals surface area (Å²) in [4.78, 5) is 4.29. The highest BCUT2D eigenvalue weighted by molar-refractivity contribution is 6.30. The average molecular weight is 404 g/mol. The van der Waals surface area contributed by atoms with Crippen LogP contribution in [0.15, 0.2) is 72.9 Å². The van der Waals surface area contributed by atoms with Crippen LogP contribution < -0.4 is 0 Å². The molecule has 0 aliphatic rings. The summed E-state index contributed by atoms with van der Waals surface area (Å²) < 4.78 is 17.5. The van der Waals surface area contributed by atoms with E-state index in [9.17, 15) is 0 Å². The van der Waals surface area contributed by atoms with Gasteiger partial charge in [0.05, 0.1) is 11.2 Å². The number of rotatable bonds is 3. The fourth-order valence-corrected chi connectivity index (χ4v) is 3.48. The van der Waals surface area contributed by atoms with Crippen LogP contribution in [0.4, 0.5) is 4.39 Å². The Balaban J connectivity index is 1.64. The molecule has 0 N–H and O–H groups in total. The molecule has 0 aliphatic heterocycles. The predicted molar refractivity (Wildman–Crippen MR) is 111 cm³/mol. The maximum atomic E-state index is 16.0. The molecular formula is C22H15ClFN5. The molecule has 0 saturated carbocycles. The van der Waals surface area contributed by atoms with Gasteiger partial charge in [-0.1, -0.05) is 35.9 Å². The van der Waals surface area contributed by atoms with Crippen molar-refractivity contribution in [3.05, 3.63) is 89.3 Å². The van der Waals surface area contributed by atoms with Gasteiger partial charge in [-0.25, -0.2) is 4.39 Å². The molecule has 0 radical (unpaired) electrons. The molecule has 5 aromatic rings. The SMILES string of the molecule is CC(F)(c1ccc2ncccc2c1)c1nnc2ccc(-c3ccc(Cl)cc3)nn12. The summed E-state index contributed by atoms with van der Waals surface area (Å²) in [5, 5.41) is 14.3. The summed E-state index contributed by atoms with van der Waals surface area (Å²) in [6, 6.07) is 20.0. The van der Waals surface area contributed by atoms with Crippen LogP contribution >= 0.6 is 11.6 Å². The molecule has 1 unspecified atom stereocenters. The van der Waals surface area contributed by atoms with Crippen molar-refractivity contribution in [1.82, 2.24) is 24.8 Å². The Labute approximate surface area is 170 Å². The van der Waals surface area contributed by atoms with Crippen molar-refractivity contribution in [3.8, 4) is 11.3 Å². The number of alkyl halides is 1. The lowest BCUT2D eigenvalue weighted by atomic mass is 9.95. The Morgan fingerprint density at radius 3 is 2.62 bits per heavy atom. The lowest BCUT2D eigenvalue weighted by Gasteiger charge is -2.19. The minimum Gasteiger partial charge on any atom is -0.256 e. The van der Waals surface area contributed by atoms with Crippen LogP contribution in [0.5, 0.6) is 0 Å². The zero-order chi connectivity index (χ0) is 20.0. The molecule has 7 heteroatoms. The number of halogens is 2. The second-order valence-electron chi connectivity index (χ2n) is 6.93. The smallest absolute Gasteiger partial charge is 0.196 e. The highest BCUT2D eigenvalue weighted by atomic mass is 35.5. The molecule has 142 valence electrons. The third kappa shape index (κ3) is 3.02. The summed E-state index contributed by atoms with van der Waals surface area (Å²) >= 11 is 5.97. The number of fused-ring (bicyclic) bond motifs is 2. The van der Waals surface area contributed by atoms with Crippen LogP contribution in [0.3, 0.4) is 0 Å². The number of hydrogen-bond donors (Lipinski definition) is 0. The summed E-state index contributed by atoms with van der Waals surface area (Å²) in [5.74, 6) is 0.117. The number of nitrogens with zero attached hydrogens (tertiary/aromatic N) is 5. The van der Waals surface area contributed by atoms with E-state index >= 15 is 4.39 Å². The van der Waals surface area contributed by atoms with Gasteiger partial charge in [-0.2, -0.15) is 9.61 Å². The molecule has 0 fully saturated rings. The van der Waals surface area contributed by atoms with Crippen LogP contribution in [0.25, 0.3) is 27.8 Å². The molecule has 5 rings (SSSR count). The van der Waals surface area contributed by atoms with Gasteiger partial charge in [0.25, 0.3) is 0 Å². The molecule has 5 nitrogen and oxygen atoms in total. The van der Waals surface area contributed by atoms with Gasteiger partial charge in [-0.15, -0.1) is 10.2 Å². The van der Waals surface area contributed by atoms with Crippen molar-refractivity contribution in [1.29, 1.82) is 0 Å². The Bertz CT molecular complexity index is 1340. The van der Waals surface area contributed by atoms with Gasteiger partial charge in [0.1, 0.15) is 0 Å². The van der Waals surface area contributed by atoms with Crippen molar-refractivity contribution in [3.63, 3.8) is 0 Å². The van der Waals surface area contributed by atoms with Crippen LogP contribution in [0, 0.1) is 0 Å². The van der Waals surface area contributed by atoms with Gasteiger partial charge in [0.2, 0.25) is 0 Å². The first-order valence-corrected chi connectivity index (χ1v) is 9.43. The first-order chi connectivity index (χ1) is 14.0. The second-order valence-corrected chi connectivity index (χ2v) is 7.37. The number of pyridine rings is 1. The molecule has 3 heterocycles. The van der Waals surface area contributed by atoms with Crippen LogP contribution in [-0.4, -0.2) is 24.8 Å². The van der Waals surface area contributed by atoms with E-state index in [0.717, 1.165) is 16.5 Å². The predicted octanol–water partition coefficient (Wildman–Crippen LogP) is 5.23. The summed E-state index contributed by atoms with van der Waals surface area (Å²) in [6.07, 6.45) is 1.71. The molecule has 29 heavy (non-hydrogen) atoms. The minimum atomic E-state index is -1.89. The van der Waals surface area contributed by atoms with E-state index < -0.39 is 5.67 Å². The van der Waals surface area contributed by atoms with Crippen LogP contribution in [0.2, 0.25) is 5.02 Å². The molecule has 0 amide bonds. The van der Waals surface area contributed by atoms with Gasteiger partial charge < -0.3 is 0 Å². The van der Waals surface area contributed by atoms with E-state index in [2.05, 4.69) is 20.3 Å². The molecule has 1 atom stereocenters. The van der Waals surface area contributed by atoms with E-state index in [-0.39, 0.29) is 5.82 Å². The fourth-order valence-electron chi connectivity index (χ4n) is 3.35. The second kappa shape index (κ2) is 6.60. The largest absolute Gasteiger partial charge is 0.256 e. The van der Waals surface area contributed by atoms with E-state index in [1.165, 1.54) is 11.4 Å². The van der Waals surface area contributed by atoms with Gasteiger partial charge in [-0.05, 0) is 55.0 Å². The normalized spacial score (nSPS) is 13.6. The maximum Gasteiger partial charge on any atom is 0.196 e. The lowest BCUT2D eigenvalue weighted by Crippen LogP contribution is -2.22. The lowest BCUT2D eigenvalue weighted by molar-refractivity contribution is 0.232. The van der Waals surface area contributed by atoms with Crippen molar-refractivity contribution in [2.75, 3.05) is 0 Å². The molecule has 2 aromatic carbocycles. The van der Waals surface area contributed by atoms with Crippen molar-refractivity contribution in [2.24, 2.45) is 0 Å². The Morgan fingerprint density at radius 2 is 1.79 bits per heavy atom. The van der Waals surface area contributed by atoms with E-state index in [4.69, 9.17) is 11.6 Å². The van der Waals surface area contributed by atoms with Crippen LogP contribution in [-0.2, 0) is 5.67 Å². The molecular weight excluding hydrogens is 389 g/mol. The van der Waals surface area contributed by atoms with Crippen LogP contribution in [0.1, 0.15) is 18.3 Å². The summed E-state index contributed by atoms with van der Waals surface area (Å²) in [5.41, 5.74) is 1.40. The highest BCUT2D eigenvalue weighted by Crippen LogP contribution is 2.34. The van der Waals surface area contributed by atoms with Crippen molar-refractivity contribution < 1.29 is 4.39 Å².